The van der Waals surface area contributed by atoms with Crippen LogP contribution in [-0.2, 0) is 0 Å². The SMILES string of the molecule is CC(C)CC(C)CC(O)C(C)CC(C)CO. The molecule has 0 saturated heterocycles. The Morgan fingerprint density at radius 3 is 1.81 bits per heavy atom. The molecule has 0 radical (unpaired) electrons. The van der Waals surface area contributed by atoms with Crippen LogP contribution in [0.3, 0.4) is 0 Å². The van der Waals surface area contributed by atoms with Crippen molar-refractivity contribution in [2.45, 2.75) is 60.0 Å². The van der Waals surface area contributed by atoms with E-state index in [4.69, 9.17) is 5.11 Å². The quantitative estimate of drug-likeness (QED) is 0.673. The van der Waals surface area contributed by atoms with Crippen molar-refractivity contribution < 1.29 is 10.2 Å². The fourth-order valence-electron chi connectivity index (χ4n) is 2.41. The second-order valence-corrected chi connectivity index (χ2v) is 6.04. The smallest absolute Gasteiger partial charge is 0.0568 e. The molecule has 16 heavy (non-hydrogen) atoms. The van der Waals surface area contributed by atoms with Crippen molar-refractivity contribution in [3.8, 4) is 0 Å². The normalized spacial score (nSPS) is 19.5. The Balaban J connectivity index is 3.89. The Morgan fingerprint density at radius 1 is 0.812 bits per heavy atom. The van der Waals surface area contributed by atoms with Crippen LogP contribution >= 0.6 is 0 Å². The largest absolute Gasteiger partial charge is 0.396 e. The van der Waals surface area contributed by atoms with Gasteiger partial charge in [-0.15, -0.1) is 0 Å². The van der Waals surface area contributed by atoms with Crippen molar-refractivity contribution in [1.29, 1.82) is 0 Å². The minimum atomic E-state index is -0.220. The van der Waals surface area contributed by atoms with Gasteiger partial charge in [0.25, 0.3) is 0 Å². The van der Waals surface area contributed by atoms with E-state index >= 15 is 0 Å². The van der Waals surface area contributed by atoms with Crippen molar-refractivity contribution in [2.24, 2.45) is 23.7 Å². The number of aliphatic hydroxyl groups excluding tert-OH is 2. The highest BCUT2D eigenvalue weighted by atomic mass is 16.3. The summed E-state index contributed by atoms with van der Waals surface area (Å²) in [4.78, 5) is 0. The maximum atomic E-state index is 10.1. The Hall–Kier alpha value is -0.0800. The number of rotatable bonds is 8. The molecule has 0 amide bonds. The first kappa shape index (κ1) is 15.9. The topological polar surface area (TPSA) is 40.5 Å². The van der Waals surface area contributed by atoms with E-state index in [1.54, 1.807) is 0 Å². The minimum Gasteiger partial charge on any atom is -0.396 e. The molecule has 0 aliphatic carbocycles. The van der Waals surface area contributed by atoms with Crippen molar-refractivity contribution in [1.82, 2.24) is 0 Å². The molecule has 0 rings (SSSR count). The third-order valence-electron chi connectivity index (χ3n) is 3.26. The Bertz CT molecular complexity index is 168. The van der Waals surface area contributed by atoms with Gasteiger partial charge < -0.3 is 10.2 Å². The summed E-state index contributed by atoms with van der Waals surface area (Å²) in [6.07, 6.45) is 2.76. The molecule has 0 fully saturated rings. The molecule has 0 aromatic carbocycles. The predicted octanol–water partition coefficient (Wildman–Crippen LogP) is 3.07. The fraction of sp³-hybridized carbons (Fsp3) is 1.00. The summed E-state index contributed by atoms with van der Waals surface area (Å²) in [5.74, 6) is 1.87. The van der Waals surface area contributed by atoms with Crippen LogP contribution in [-0.4, -0.2) is 22.9 Å². The summed E-state index contributed by atoms with van der Waals surface area (Å²) in [7, 11) is 0. The van der Waals surface area contributed by atoms with E-state index in [2.05, 4.69) is 27.7 Å². The summed E-state index contributed by atoms with van der Waals surface area (Å²) in [5, 5.41) is 19.0. The highest BCUT2D eigenvalue weighted by Gasteiger charge is 2.19. The van der Waals surface area contributed by atoms with Crippen LogP contribution in [0.4, 0.5) is 0 Å². The van der Waals surface area contributed by atoms with Gasteiger partial charge in [-0.25, -0.2) is 0 Å². The fourth-order valence-corrected chi connectivity index (χ4v) is 2.41. The van der Waals surface area contributed by atoms with Crippen LogP contribution in [0.15, 0.2) is 0 Å². The summed E-state index contributed by atoms with van der Waals surface area (Å²) >= 11 is 0. The van der Waals surface area contributed by atoms with Gasteiger partial charge in [0.05, 0.1) is 6.10 Å². The lowest BCUT2D eigenvalue weighted by Gasteiger charge is -2.24. The average molecular weight is 230 g/mol. The minimum absolute atomic E-state index is 0.220. The Labute approximate surface area is 101 Å². The molecule has 0 spiro atoms. The lowest BCUT2D eigenvalue weighted by Crippen LogP contribution is -2.23. The van der Waals surface area contributed by atoms with Gasteiger partial charge in [0.2, 0.25) is 0 Å². The molecule has 0 aliphatic rings. The predicted molar refractivity (Wildman–Crippen MR) is 69.3 cm³/mol. The molecule has 0 heterocycles. The Morgan fingerprint density at radius 2 is 1.38 bits per heavy atom. The van der Waals surface area contributed by atoms with Crippen LogP contribution in [0.25, 0.3) is 0 Å². The lowest BCUT2D eigenvalue weighted by atomic mass is 9.86. The van der Waals surface area contributed by atoms with E-state index in [0.29, 0.717) is 17.8 Å². The molecule has 0 aromatic rings. The Kier molecular flexibility index (Phi) is 8.04. The summed E-state index contributed by atoms with van der Waals surface area (Å²) in [6.45, 7) is 11.0. The molecule has 0 aromatic heterocycles. The molecule has 0 bridgehead atoms. The number of hydrogen-bond donors (Lipinski definition) is 2. The molecule has 4 unspecified atom stereocenters. The average Bonchev–Trinajstić information content (AvgIpc) is 2.15. The monoisotopic (exact) mass is 230 g/mol. The molecular formula is C14H30O2. The molecule has 0 saturated carbocycles. The van der Waals surface area contributed by atoms with Crippen molar-refractivity contribution >= 4 is 0 Å². The number of aliphatic hydroxyl groups is 2. The molecule has 98 valence electrons. The van der Waals surface area contributed by atoms with Gasteiger partial charge in [0, 0.05) is 6.61 Å². The molecule has 2 heteroatoms. The van der Waals surface area contributed by atoms with Crippen molar-refractivity contribution in [2.75, 3.05) is 6.61 Å². The van der Waals surface area contributed by atoms with Crippen LogP contribution in [0.2, 0.25) is 0 Å². The summed E-state index contributed by atoms with van der Waals surface area (Å²) in [6, 6.07) is 0. The second-order valence-electron chi connectivity index (χ2n) is 6.04. The zero-order valence-corrected chi connectivity index (χ0v) is 11.6. The van der Waals surface area contributed by atoms with E-state index in [0.717, 1.165) is 12.8 Å². The second kappa shape index (κ2) is 8.08. The van der Waals surface area contributed by atoms with E-state index in [9.17, 15) is 5.11 Å². The first-order chi connectivity index (χ1) is 7.36. The van der Waals surface area contributed by atoms with Gasteiger partial charge in [0.15, 0.2) is 0 Å². The molecule has 0 aliphatic heterocycles. The first-order valence-corrected chi connectivity index (χ1v) is 6.65. The highest BCUT2D eigenvalue weighted by molar-refractivity contribution is 4.70. The molecule has 2 N–H and O–H groups in total. The summed E-state index contributed by atoms with van der Waals surface area (Å²) in [5.41, 5.74) is 0. The summed E-state index contributed by atoms with van der Waals surface area (Å²) < 4.78 is 0. The van der Waals surface area contributed by atoms with Gasteiger partial charge in [-0.05, 0) is 42.9 Å². The third-order valence-corrected chi connectivity index (χ3v) is 3.26. The maximum absolute atomic E-state index is 10.1. The standard InChI is InChI=1S/C14H30O2/c1-10(2)6-11(3)8-14(16)13(5)7-12(4)9-15/h10-16H,6-9H2,1-5H3. The van der Waals surface area contributed by atoms with Crippen molar-refractivity contribution in [3.63, 3.8) is 0 Å². The molecule has 4 atom stereocenters. The zero-order valence-electron chi connectivity index (χ0n) is 11.6. The van der Waals surface area contributed by atoms with E-state index in [1.165, 1.54) is 6.42 Å². The highest BCUT2D eigenvalue weighted by Crippen LogP contribution is 2.23. The van der Waals surface area contributed by atoms with Crippen LogP contribution in [0, 0.1) is 23.7 Å². The number of hydrogen-bond acceptors (Lipinski definition) is 2. The van der Waals surface area contributed by atoms with E-state index < -0.39 is 0 Å². The lowest BCUT2D eigenvalue weighted by molar-refractivity contribution is 0.0710. The van der Waals surface area contributed by atoms with Crippen molar-refractivity contribution in [3.05, 3.63) is 0 Å². The third kappa shape index (κ3) is 7.24. The van der Waals surface area contributed by atoms with E-state index in [1.807, 2.05) is 6.92 Å². The first-order valence-electron chi connectivity index (χ1n) is 6.65. The van der Waals surface area contributed by atoms with Crippen LogP contribution in [0.1, 0.15) is 53.9 Å². The van der Waals surface area contributed by atoms with Gasteiger partial charge >= 0.3 is 0 Å². The molecule has 2 nitrogen and oxygen atoms in total. The van der Waals surface area contributed by atoms with Crippen LogP contribution in [0.5, 0.6) is 0 Å². The van der Waals surface area contributed by atoms with Gasteiger partial charge in [-0.1, -0.05) is 34.6 Å². The molecular weight excluding hydrogens is 200 g/mol. The maximum Gasteiger partial charge on any atom is 0.0568 e. The van der Waals surface area contributed by atoms with E-state index in [-0.39, 0.29) is 18.6 Å². The zero-order chi connectivity index (χ0) is 12.7. The van der Waals surface area contributed by atoms with Gasteiger partial charge in [-0.3, -0.25) is 0 Å². The van der Waals surface area contributed by atoms with Gasteiger partial charge in [-0.2, -0.15) is 0 Å². The van der Waals surface area contributed by atoms with Gasteiger partial charge in [0.1, 0.15) is 0 Å². The van der Waals surface area contributed by atoms with Crippen LogP contribution < -0.4 is 0 Å².